The van der Waals surface area contributed by atoms with Crippen molar-refractivity contribution in [1.82, 2.24) is 4.57 Å². The maximum atomic E-state index is 10.2. The van der Waals surface area contributed by atoms with E-state index in [-0.39, 0.29) is 69.3 Å². The van der Waals surface area contributed by atoms with Crippen LogP contribution in [0.5, 0.6) is 5.75 Å². The van der Waals surface area contributed by atoms with Crippen molar-refractivity contribution in [2.75, 3.05) is 0 Å². The second-order valence-electron chi connectivity index (χ2n) is 19.8. The average Bonchev–Trinajstić information content (AvgIpc) is 3.79. The molecule has 6 aromatic carbocycles. The van der Waals surface area contributed by atoms with E-state index in [1.165, 1.54) is 18.1 Å². The first kappa shape index (κ1) is 29.9. The van der Waals surface area contributed by atoms with E-state index in [4.69, 9.17) is 10.2 Å². The lowest BCUT2D eigenvalue weighted by Gasteiger charge is -2.33. The minimum absolute atomic E-state index is 0.0296. The van der Waals surface area contributed by atoms with Crippen molar-refractivity contribution in [1.29, 1.82) is 0 Å². The number of para-hydroxylation sites is 2. The van der Waals surface area contributed by atoms with E-state index < -0.39 is 11.9 Å². The fourth-order valence-corrected chi connectivity index (χ4v) is 9.44. The summed E-state index contributed by atoms with van der Waals surface area (Å²) >= 11 is 0. The molecule has 3 aliphatic rings. The van der Waals surface area contributed by atoms with Crippen molar-refractivity contribution in [2.45, 2.75) is 91.3 Å². The molecule has 0 aliphatic carbocycles. The maximum Gasteiger partial charge on any atom is 0.499 e. The number of imidazole rings is 1. The zero-order chi connectivity index (χ0) is 47.8. The molecule has 1 spiro atoms. The molecule has 5 heterocycles. The smallest absolute Gasteiger partial charge is 0.392 e. The summed E-state index contributed by atoms with van der Waals surface area (Å²) in [6.45, 7) is 21.4. The molecule has 0 N–H and O–H groups in total. The molecular formula is C56H53N3O+2. The molecular weight excluding hydrogens is 731 g/mol. The molecule has 11 rings (SSSR count). The average molecular weight is 791 g/mol. The molecule has 0 radical (unpaired) electrons. The first-order valence-electron chi connectivity index (χ1n) is 24.5. The molecule has 4 heteroatoms. The van der Waals surface area contributed by atoms with Crippen molar-refractivity contribution in [3.05, 3.63) is 167 Å². The molecule has 1 unspecified atom stereocenters. The fraction of sp³-hybridized carbons (Fsp3) is 0.250. The topological polar surface area (TPSA) is 21.9 Å². The van der Waals surface area contributed by atoms with Crippen molar-refractivity contribution in [3.8, 4) is 67.5 Å². The summed E-state index contributed by atoms with van der Waals surface area (Å²) in [5.41, 5.74) is 12.0. The lowest BCUT2D eigenvalue weighted by molar-refractivity contribution is -0.997. The standard InChI is InChI=1S/C56H53N3O/c1-34-18-20-35(21-19-34)37-28-29-57-48(30-37)45-33-40(55(8,9)10)32-44-41-15-13-16-47-51(41)59-52(42-14-11-12-17-49(42)60-56(57,59)50(44)45)58(47)46-27-26-39(54(5,6)7)31-43(46)36-22-24-38(25-23-36)53(2,3)4/h11-33H,1-10H3/q+2/i18D,19D,20D,21D,28D,29D,30D. The zero-order valence-electron chi connectivity index (χ0n) is 43.0. The monoisotopic (exact) mass is 790 g/mol. The van der Waals surface area contributed by atoms with Crippen LogP contribution in [0.25, 0.3) is 72.7 Å². The quantitative estimate of drug-likeness (QED) is 0.163. The molecule has 0 bridgehead atoms. The first-order chi connectivity index (χ1) is 31.5. The Morgan fingerprint density at radius 2 is 1.23 bits per heavy atom. The van der Waals surface area contributed by atoms with Crippen LogP contribution in [0.1, 0.15) is 99.7 Å². The Kier molecular flexibility index (Phi) is 6.06. The number of benzene rings is 6. The zero-order valence-corrected chi connectivity index (χ0v) is 36.0. The number of fused-ring (bicyclic) bond motifs is 5. The van der Waals surface area contributed by atoms with Crippen LogP contribution in [0.15, 0.2) is 139 Å². The second kappa shape index (κ2) is 12.2. The Morgan fingerprint density at radius 1 is 0.583 bits per heavy atom. The lowest BCUT2D eigenvalue weighted by Crippen LogP contribution is -2.78. The Labute approximate surface area is 364 Å². The Hall–Kier alpha value is -6.26. The van der Waals surface area contributed by atoms with Crippen LogP contribution in [-0.2, 0) is 22.1 Å². The van der Waals surface area contributed by atoms with Crippen LogP contribution in [0, 0.1) is 6.92 Å². The van der Waals surface area contributed by atoms with Gasteiger partial charge < -0.3 is 4.74 Å². The lowest BCUT2D eigenvalue weighted by atomic mass is 9.80. The van der Waals surface area contributed by atoms with Gasteiger partial charge in [-0.25, -0.2) is 0 Å². The SMILES string of the molecule is [2H]c1c([2H])c(-c2c([2H])c([2H])[n+]3c(c2[2H])-c2cc(C(C)(C)C)cc4c2C32Oc3ccccc3-c3n(-c5ccc(C(C)(C)C)cc5-c5ccc(C(C)(C)C)cc5)c5cccc-4c5[n+]32)c([2H])c([2H])c1C. The van der Waals surface area contributed by atoms with Gasteiger partial charge in [0.05, 0.1) is 13.8 Å². The van der Waals surface area contributed by atoms with Gasteiger partial charge in [-0.1, -0.05) is 141 Å². The number of aromatic nitrogens is 3. The van der Waals surface area contributed by atoms with Crippen LogP contribution in [0.4, 0.5) is 0 Å². The van der Waals surface area contributed by atoms with Gasteiger partial charge >= 0.3 is 11.7 Å². The van der Waals surface area contributed by atoms with Gasteiger partial charge in [0.15, 0.2) is 17.2 Å². The Morgan fingerprint density at radius 3 is 1.95 bits per heavy atom. The van der Waals surface area contributed by atoms with E-state index in [9.17, 15) is 4.11 Å². The van der Waals surface area contributed by atoms with Gasteiger partial charge in [-0.15, -0.1) is 9.13 Å². The van der Waals surface area contributed by atoms with Crippen LogP contribution >= 0.6 is 0 Å². The van der Waals surface area contributed by atoms with Crippen LogP contribution < -0.4 is 13.9 Å². The Balaban J connectivity index is 1.33. The predicted molar refractivity (Wildman–Crippen MR) is 245 cm³/mol. The van der Waals surface area contributed by atoms with E-state index in [2.05, 4.69) is 150 Å². The van der Waals surface area contributed by atoms with Gasteiger partial charge in [0, 0.05) is 28.8 Å². The van der Waals surface area contributed by atoms with Gasteiger partial charge in [0.1, 0.15) is 23.9 Å². The van der Waals surface area contributed by atoms with Crippen LogP contribution in [0.3, 0.4) is 0 Å². The molecule has 8 aromatic rings. The number of rotatable bonds is 3. The summed E-state index contributed by atoms with van der Waals surface area (Å²) in [6, 6.07) is 32.5. The molecule has 1 atom stereocenters. The molecule has 60 heavy (non-hydrogen) atoms. The Bertz CT molecular complexity index is 3500. The highest BCUT2D eigenvalue weighted by atomic mass is 16.5. The summed E-state index contributed by atoms with van der Waals surface area (Å²) in [5, 5.41) is 0. The van der Waals surface area contributed by atoms with Crippen molar-refractivity contribution in [3.63, 3.8) is 0 Å². The first-order valence-corrected chi connectivity index (χ1v) is 21.0. The van der Waals surface area contributed by atoms with Crippen molar-refractivity contribution >= 4 is 11.0 Å². The maximum absolute atomic E-state index is 10.2. The summed E-state index contributed by atoms with van der Waals surface area (Å²) in [7, 11) is 0. The number of hydrogen-bond donors (Lipinski definition) is 0. The van der Waals surface area contributed by atoms with E-state index in [1.54, 1.807) is 4.57 Å². The molecule has 0 amide bonds. The van der Waals surface area contributed by atoms with Crippen LogP contribution in [-0.4, -0.2) is 4.57 Å². The van der Waals surface area contributed by atoms with Crippen LogP contribution in [0.2, 0.25) is 0 Å². The third-order valence-electron chi connectivity index (χ3n) is 12.7. The van der Waals surface area contributed by atoms with Gasteiger partial charge in [0.25, 0.3) is 0 Å². The summed E-state index contributed by atoms with van der Waals surface area (Å²) in [4.78, 5) is 0. The minimum Gasteiger partial charge on any atom is -0.392 e. The summed E-state index contributed by atoms with van der Waals surface area (Å²) < 4.78 is 79.6. The van der Waals surface area contributed by atoms with E-state index in [0.717, 1.165) is 61.5 Å². The fourth-order valence-electron chi connectivity index (χ4n) is 9.44. The second-order valence-corrected chi connectivity index (χ2v) is 19.8. The highest BCUT2D eigenvalue weighted by molar-refractivity contribution is 5.98. The molecule has 0 saturated heterocycles. The largest absolute Gasteiger partial charge is 0.499 e. The highest BCUT2D eigenvalue weighted by Gasteiger charge is 2.68. The van der Waals surface area contributed by atoms with Crippen molar-refractivity contribution < 1.29 is 23.5 Å². The number of ether oxygens (including phenoxy) is 1. The number of pyridine rings is 1. The number of hydrogen-bond acceptors (Lipinski definition) is 1. The van der Waals surface area contributed by atoms with E-state index in [0.29, 0.717) is 17.0 Å². The summed E-state index contributed by atoms with van der Waals surface area (Å²) in [5.74, 6) is -0.285. The van der Waals surface area contributed by atoms with E-state index >= 15 is 0 Å². The van der Waals surface area contributed by atoms with Gasteiger partial charge in [0.2, 0.25) is 5.69 Å². The molecule has 4 nitrogen and oxygen atoms in total. The molecule has 2 aromatic heterocycles. The van der Waals surface area contributed by atoms with Gasteiger partial charge in [-0.3, -0.25) is 0 Å². The molecule has 296 valence electrons. The third kappa shape index (κ3) is 5.09. The van der Waals surface area contributed by atoms with Gasteiger partial charge in [-0.05, 0) is 105 Å². The van der Waals surface area contributed by atoms with Crippen molar-refractivity contribution in [2.24, 2.45) is 0 Å². The molecule has 0 fully saturated rings. The third-order valence-corrected chi connectivity index (χ3v) is 12.7. The molecule has 0 saturated carbocycles. The highest BCUT2D eigenvalue weighted by Crippen LogP contribution is 2.54. The normalized spacial score (nSPS) is 17.7. The number of nitrogens with zero attached hydrogens (tertiary/aromatic N) is 3. The summed E-state index contributed by atoms with van der Waals surface area (Å²) in [6.07, 6.45) is -0.287. The predicted octanol–water partition coefficient (Wildman–Crippen LogP) is 13.0. The van der Waals surface area contributed by atoms with E-state index in [1.807, 2.05) is 18.2 Å². The minimum atomic E-state index is -1.65. The molecule has 3 aliphatic heterocycles. The van der Waals surface area contributed by atoms with Gasteiger partial charge in [-0.2, -0.15) is 4.57 Å².